The highest BCUT2D eigenvalue weighted by atomic mass is 32.3. The van der Waals surface area contributed by atoms with Crippen LogP contribution in [-0.4, -0.2) is 49.6 Å². The number of aromatic nitrogens is 1. The van der Waals surface area contributed by atoms with E-state index in [0.29, 0.717) is 19.6 Å². The number of hydrogen-bond donors (Lipinski definition) is 1. The van der Waals surface area contributed by atoms with Gasteiger partial charge in [0, 0.05) is 50.1 Å². The summed E-state index contributed by atoms with van der Waals surface area (Å²) in [5.41, 5.74) is 0.898. The molecule has 0 bridgehead atoms. The second-order valence-electron chi connectivity index (χ2n) is 4.78. The van der Waals surface area contributed by atoms with Gasteiger partial charge in [-0.1, -0.05) is 0 Å². The van der Waals surface area contributed by atoms with Crippen molar-refractivity contribution < 1.29 is 17.1 Å². The molecule has 2 rings (SSSR count). The maximum absolute atomic E-state index is 12.6. The Labute approximate surface area is 117 Å². The minimum atomic E-state index is -4.52. The van der Waals surface area contributed by atoms with E-state index in [1.54, 1.807) is 17.3 Å². The summed E-state index contributed by atoms with van der Waals surface area (Å²) in [6.45, 7) is 1.30. The van der Waals surface area contributed by atoms with E-state index in [4.69, 9.17) is 0 Å². The number of rotatable bonds is 6. The summed E-state index contributed by atoms with van der Waals surface area (Å²) in [5, 5.41) is 3.13. The highest BCUT2D eigenvalue weighted by Gasteiger charge is 2.32. The van der Waals surface area contributed by atoms with Crippen molar-refractivity contribution in [3.63, 3.8) is 0 Å². The second-order valence-corrected chi connectivity index (χ2v) is 6.19. The fourth-order valence-electron chi connectivity index (χ4n) is 2.27. The minimum Gasteiger partial charge on any atom is -0.383 e. The largest absolute Gasteiger partial charge is 0.383 e. The first-order valence-corrected chi connectivity index (χ1v) is 7.83. The number of hydrogen-bond acceptors (Lipinski definition) is 5. The van der Waals surface area contributed by atoms with E-state index in [-0.39, 0.29) is 12.3 Å². The van der Waals surface area contributed by atoms with Gasteiger partial charge < -0.3 is 10.2 Å². The highest BCUT2D eigenvalue weighted by Crippen LogP contribution is 2.19. The molecule has 1 saturated heterocycles. The van der Waals surface area contributed by atoms with E-state index in [1.807, 2.05) is 12.1 Å². The molecular weight excluding hydrogens is 285 g/mol. The van der Waals surface area contributed by atoms with Gasteiger partial charge in [-0.15, -0.1) is 3.89 Å². The van der Waals surface area contributed by atoms with Gasteiger partial charge in [0.25, 0.3) is 0 Å². The molecule has 0 aliphatic carbocycles. The molecule has 0 aromatic carbocycles. The van der Waals surface area contributed by atoms with Gasteiger partial charge in [-0.25, -0.2) is 0 Å². The zero-order chi connectivity index (χ0) is 14.6. The number of anilines is 1. The Morgan fingerprint density at radius 2 is 2.10 bits per heavy atom. The molecule has 2 heterocycles. The van der Waals surface area contributed by atoms with E-state index in [2.05, 4.69) is 10.3 Å². The molecule has 1 aromatic heterocycles. The summed E-state index contributed by atoms with van der Waals surface area (Å²) < 4.78 is 33.8. The van der Waals surface area contributed by atoms with E-state index < -0.39 is 21.9 Å². The zero-order valence-electron chi connectivity index (χ0n) is 10.8. The second kappa shape index (κ2) is 6.17. The maximum Gasteiger partial charge on any atom is 0.302 e. The Morgan fingerprint density at radius 3 is 2.75 bits per heavy atom. The van der Waals surface area contributed by atoms with E-state index in [9.17, 15) is 17.1 Å². The van der Waals surface area contributed by atoms with Gasteiger partial charge >= 0.3 is 10.2 Å². The molecule has 0 radical (unpaired) electrons. The summed E-state index contributed by atoms with van der Waals surface area (Å²) >= 11 is 0. The summed E-state index contributed by atoms with van der Waals surface area (Å²) in [5.74, 6) is -1.15. The van der Waals surface area contributed by atoms with Crippen molar-refractivity contribution in [3.05, 3.63) is 24.5 Å². The van der Waals surface area contributed by atoms with Crippen molar-refractivity contribution in [1.29, 1.82) is 0 Å². The van der Waals surface area contributed by atoms with Crippen LogP contribution in [-0.2, 0) is 15.0 Å². The Hall–Kier alpha value is -1.70. The van der Waals surface area contributed by atoms with Gasteiger partial charge in [0.2, 0.25) is 5.91 Å². The first-order chi connectivity index (χ1) is 9.44. The molecule has 1 amide bonds. The number of carbonyl (C=O) groups excluding carboxylic acids is 1. The third kappa shape index (κ3) is 4.44. The number of nitrogens with zero attached hydrogens (tertiary/aromatic N) is 2. The Bertz CT molecular complexity index is 565. The van der Waals surface area contributed by atoms with Crippen LogP contribution in [0.2, 0.25) is 0 Å². The minimum absolute atomic E-state index is 0.0956. The molecule has 0 saturated carbocycles. The number of likely N-dealkylation sites (tertiary alicyclic amines) is 1. The number of pyridine rings is 1. The lowest BCUT2D eigenvalue weighted by Crippen LogP contribution is -2.31. The molecule has 6 nitrogen and oxygen atoms in total. The maximum atomic E-state index is 12.6. The average molecular weight is 301 g/mol. The lowest BCUT2D eigenvalue weighted by Gasteiger charge is -2.17. The first kappa shape index (κ1) is 14.7. The molecule has 1 fully saturated rings. The first-order valence-electron chi connectivity index (χ1n) is 6.28. The predicted octanol–water partition coefficient (Wildman–Crippen LogP) is 0.641. The van der Waals surface area contributed by atoms with Crippen LogP contribution in [0.5, 0.6) is 0 Å². The Balaban J connectivity index is 1.78. The monoisotopic (exact) mass is 301 g/mol. The number of carbonyl (C=O) groups is 1. The van der Waals surface area contributed by atoms with E-state index in [0.717, 1.165) is 5.69 Å². The van der Waals surface area contributed by atoms with Gasteiger partial charge in [-0.05, 0) is 12.1 Å². The summed E-state index contributed by atoms with van der Waals surface area (Å²) in [7, 11) is -4.52. The number of nitrogens with one attached hydrogen (secondary N) is 1. The molecule has 1 aromatic rings. The van der Waals surface area contributed by atoms with Gasteiger partial charge in [0.15, 0.2) is 0 Å². The molecule has 20 heavy (non-hydrogen) atoms. The molecule has 1 aliphatic heterocycles. The van der Waals surface area contributed by atoms with Crippen molar-refractivity contribution >= 4 is 21.8 Å². The highest BCUT2D eigenvalue weighted by molar-refractivity contribution is 7.86. The topological polar surface area (TPSA) is 79.4 Å². The molecule has 8 heteroatoms. The fraction of sp³-hybridized carbons (Fsp3) is 0.500. The number of amides is 1. The van der Waals surface area contributed by atoms with Gasteiger partial charge in [-0.2, -0.15) is 8.42 Å². The van der Waals surface area contributed by atoms with Crippen LogP contribution in [0.25, 0.3) is 0 Å². The molecule has 110 valence electrons. The van der Waals surface area contributed by atoms with Crippen LogP contribution in [0.4, 0.5) is 9.57 Å². The normalized spacial score (nSPS) is 19.4. The third-order valence-corrected chi connectivity index (χ3v) is 3.99. The quantitative estimate of drug-likeness (QED) is 0.780. The van der Waals surface area contributed by atoms with Crippen molar-refractivity contribution in [3.8, 4) is 0 Å². The van der Waals surface area contributed by atoms with Crippen LogP contribution in [0.15, 0.2) is 24.5 Å². The SMILES string of the molecule is O=C1CC(CS(=O)(=O)F)CN1CCNc1ccncc1. The summed E-state index contributed by atoms with van der Waals surface area (Å²) in [6, 6.07) is 3.62. The van der Waals surface area contributed by atoms with Gasteiger partial charge in [0.05, 0.1) is 5.75 Å². The number of halogens is 1. The van der Waals surface area contributed by atoms with Crippen LogP contribution < -0.4 is 5.32 Å². The summed E-state index contributed by atoms with van der Waals surface area (Å²) in [4.78, 5) is 17.1. The van der Waals surface area contributed by atoms with Crippen molar-refractivity contribution in [2.45, 2.75) is 6.42 Å². The Kier molecular flexibility index (Phi) is 4.53. The zero-order valence-corrected chi connectivity index (χ0v) is 11.6. The average Bonchev–Trinajstić information content (AvgIpc) is 2.68. The lowest BCUT2D eigenvalue weighted by molar-refractivity contribution is -0.127. The molecule has 1 aliphatic rings. The van der Waals surface area contributed by atoms with Crippen LogP contribution in [0.3, 0.4) is 0 Å². The van der Waals surface area contributed by atoms with Crippen molar-refractivity contribution in [1.82, 2.24) is 9.88 Å². The fourth-order valence-corrected chi connectivity index (χ4v) is 3.05. The van der Waals surface area contributed by atoms with Crippen LogP contribution in [0.1, 0.15) is 6.42 Å². The van der Waals surface area contributed by atoms with Crippen molar-refractivity contribution in [2.75, 3.05) is 30.7 Å². The van der Waals surface area contributed by atoms with Gasteiger partial charge in [-0.3, -0.25) is 9.78 Å². The lowest BCUT2D eigenvalue weighted by atomic mass is 10.1. The van der Waals surface area contributed by atoms with Crippen LogP contribution >= 0.6 is 0 Å². The van der Waals surface area contributed by atoms with E-state index in [1.165, 1.54) is 0 Å². The van der Waals surface area contributed by atoms with Gasteiger partial charge in [0.1, 0.15) is 0 Å². The third-order valence-electron chi connectivity index (χ3n) is 3.12. The smallest absolute Gasteiger partial charge is 0.302 e. The Morgan fingerprint density at radius 1 is 1.40 bits per heavy atom. The molecule has 1 N–H and O–H groups in total. The molecule has 1 atom stereocenters. The molecular formula is C12H16FN3O3S. The van der Waals surface area contributed by atoms with E-state index >= 15 is 0 Å². The van der Waals surface area contributed by atoms with Crippen molar-refractivity contribution in [2.24, 2.45) is 5.92 Å². The summed E-state index contributed by atoms with van der Waals surface area (Å²) in [6.07, 6.45) is 3.41. The standard InChI is InChI=1S/C12H16FN3O3S/c13-20(18,19)9-10-7-12(17)16(8-10)6-5-15-11-1-3-14-4-2-11/h1-4,10H,5-9H2,(H,14,15). The molecule has 0 spiro atoms. The predicted molar refractivity (Wildman–Crippen MR) is 72.3 cm³/mol. The molecule has 1 unspecified atom stereocenters. The van der Waals surface area contributed by atoms with Crippen LogP contribution in [0, 0.1) is 5.92 Å².